The number of rotatable bonds is 14. The second-order valence-electron chi connectivity index (χ2n) is 13.9. The fourth-order valence-electron chi connectivity index (χ4n) is 6.14. The Morgan fingerprint density at radius 3 is 2.30 bits per heavy atom. The van der Waals surface area contributed by atoms with E-state index in [9.17, 15) is 42.9 Å². The van der Waals surface area contributed by atoms with E-state index < -0.39 is 44.9 Å². The number of hydrogen-bond donors (Lipinski definition) is 6. The van der Waals surface area contributed by atoms with E-state index in [2.05, 4.69) is 30.4 Å². The minimum Gasteiger partial charge on any atom is -0.507 e. The van der Waals surface area contributed by atoms with E-state index in [1.165, 1.54) is 80.0 Å². The number of carboxylic acids is 1. The van der Waals surface area contributed by atoms with Crippen LogP contribution in [0.1, 0.15) is 59.2 Å². The highest BCUT2D eigenvalue weighted by atomic mass is 35.5. The minimum atomic E-state index is -3.79. The van der Waals surface area contributed by atoms with Gasteiger partial charge in [-0.3, -0.25) is 18.9 Å². The van der Waals surface area contributed by atoms with Crippen LogP contribution in [0.25, 0.3) is 5.69 Å². The number of halogens is 1. The highest BCUT2D eigenvalue weighted by Gasteiger charge is 2.29. The quantitative estimate of drug-likeness (QED) is 0.0660. The molecule has 6 N–H and O–H groups in total. The molecule has 2 aromatic heterocycles. The topological polar surface area (TPSA) is 277 Å². The number of ether oxygens (including phenoxy) is 1. The van der Waals surface area contributed by atoms with Gasteiger partial charge in [0.1, 0.15) is 23.3 Å². The Morgan fingerprint density at radius 1 is 0.951 bits per heavy atom. The Bertz CT molecular complexity index is 2580. The molecule has 1 aliphatic carbocycles. The highest BCUT2D eigenvalue weighted by Crippen LogP contribution is 2.28. The maximum absolute atomic E-state index is 12.8. The predicted molar refractivity (Wildman–Crippen MR) is 223 cm³/mol. The van der Waals surface area contributed by atoms with E-state index in [1.54, 1.807) is 12.1 Å². The second kappa shape index (κ2) is 20.8. The van der Waals surface area contributed by atoms with Crippen LogP contribution in [-0.4, -0.2) is 92.0 Å². The molecular weight excluding hydrogens is 836 g/mol. The van der Waals surface area contributed by atoms with Gasteiger partial charge >= 0.3 is 11.7 Å². The van der Waals surface area contributed by atoms with Crippen LogP contribution in [0.4, 0.5) is 17.2 Å². The average molecular weight is 879 g/mol. The molecule has 0 aliphatic heterocycles. The molecule has 1 fully saturated rings. The molecular formula is C40H43ClN8O11S. The zero-order valence-electron chi connectivity index (χ0n) is 32.7. The van der Waals surface area contributed by atoms with Gasteiger partial charge in [0.15, 0.2) is 0 Å². The second-order valence-corrected chi connectivity index (χ2v) is 16.0. The number of carbonyl (C=O) groups excluding carboxylic acids is 1. The zero-order valence-corrected chi connectivity index (χ0v) is 34.3. The average Bonchev–Trinajstić information content (AvgIpc) is 3.46. The Labute approximate surface area is 354 Å². The summed E-state index contributed by atoms with van der Waals surface area (Å²) in [6, 6.07) is 18.6. The number of nitrogens with zero attached hydrogens (tertiary/aromatic N) is 6. The van der Waals surface area contributed by atoms with Crippen LogP contribution >= 0.6 is 11.6 Å². The van der Waals surface area contributed by atoms with Gasteiger partial charge in [0.2, 0.25) is 0 Å². The van der Waals surface area contributed by atoms with E-state index >= 15 is 0 Å². The van der Waals surface area contributed by atoms with Crippen LogP contribution < -0.4 is 21.3 Å². The molecule has 0 radical (unpaired) electrons. The summed E-state index contributed by atoms with van der Waals surface area (Å²) in [4.78, 5) is 52.7. The van der Waals surface area contributed by atoms with Crippen molar-refractivity contribution >= 4 is 50.7 Å². The van der Waals surface area contributed by atoms with Crippen LogP contribution in [0.2, 0.25) is 5.02 Å². The van der Waals surface area contributed by atoms with Crippen molar-refractivity contribution < 1.29 is 43.2 Å². The van der Waals surface area contributed by atoms with Crippen molar-refractivity contribution in [1.82, 2.24) is 24.6 Å². The van der Waals surface area contributed by atoms with Gasteiger partial charge in [0, 0.05) is 19.9 Å². The first-order valence-electron chi connectivity index (χ1n) is 18.8. The van der Waals surface area contributed by atoms with E-state index in [1.807, 2.05) is 0 Å². The molecule has 0 saturated heterocycles. The van der Waals surface area contributed by atoms with Gasteiger partial charge in [-0.25, -0.2) is 23.0 Å². The third-order valence-corrected chi connectivity index (χ3v) is 11.0. The summed E-state index contributed by atoms with van der Waals surface area (Å²) in [5, 5.41) is 53.8. The van der Waals surface area contributed by atoms with Crippen molar-refractivity contribution in [3.8, 4) is 11.4 Å². The number of aromatic nitrogens is 4. The molecule has 2 heterocycles. The lowest BCUT2D eigenvalue weighted by molar-refractivity contribution is 0.0246. The fraction of sp³-hybridized carbons (Fsp3) is 0.300. The number of anilines is 1. The first kappa shape index (κ1) is 45.8. The summed E-state index contributed by atoms with van der Waals surface area (Å²) in [5.41, 5.74) is -1.78. The van der Waals surface area contributed by atoms with E-state index in [0.717, 1.165) is 41.1 Å². The number of azo groups is 1. The van der Waals surface area contributed by atoms with Gasteiger partial charge < -0.3 is 30.5 Å². The molecule has 0 spiro atoms. The van der Waals surface area contributed by atoms with Gasteiger partial charge in [-0.15, -0.1) is 0 Å². The summed E-state index contributed by atoms with van der Waals surface area (Å²) < 4.78 is 33.7. The summed E-state index contributed by atoms with van der Waals surface area (Å²) >= 11 is 6.23. The Morgan fingerprint density at radius 2 is 1.64 bits per heavy atom. The highest BCUT2D eigenvalue weighted by molar-refractivity contribution is 7.92. The molecule has 1 aliphatic rings. The van der Waals surface area contributed by atoms with E-state index in [4.69, 9.17) is 21.4 Å². The van der Waals surface area contributed by atoms with Crippen molar-refractivity contribution in [2.75, 3.05) is 25.0 Å². The number of aromatic carboxylic acids is 1. The van der Waals surface area contributed by atoms with Gasteiger partial charge in [-0.2, -0.15) is 20.0 Å². The van der Waals surface area contributed by atoms with Crippen LogP contribution in [-0.2, 0) is 21.3 Å². The number of hydrogen-bond acceptors (Lipinski definition) is 14. The maximum atomic E-state index is 12.8. The predicted octanol–water partition coefficient (Wildman–Crippen LogP) is 4.57. The molecule has 0 bridgehead atoms. The molecule has 19 nitrogen and oxygen atoms in total. The molecule has 1 atom stereocenters. The third-order valence-electron chi connectivity index (χ3n) is 9.31. The number of pyridine rings is 1. The number of aromatic hydroxyl groups is 1. The third kappa shape index (κ3) is 12.6. The molecule has 61 heavy (non-hydrogen) atoms. The summed E-state index contributed by atoms with van der Waals surface area (Å²) in [6.45, 7) is -0.216. The number of carboxylic acid groups (broad SMARTS) is 1. The van der Waals surface area contributed by atoms with E-state index in [0.29, 0.717) is 18.5 Å². The molecule has 1 unspecified atom stereocenters. The molecule has 6 rings (SSSR count). The van der Waals surface area contributed by atoms with Crippen LogP contribution in [0, 0.1) is 0 Å². The lowest BCUT2D eigenvalue weighted by Gasteiger charge is -2.26. The first-order chi connectivity index (χ1) is 29.1. The van der Waals surface area contributed by atoms with Crippen molar-refractivity contribution in [2.45, 2.75) is 61.7 Å². The number of sulfonamides is 1. The van der Waals surface area contributed by atoms with Gasteiger partial charge in [-0.05, 0) is 85.6 Å². The molecule has 1 saturated carbocycles. The summed E-state index contributed by atoms with van der Waals surface area (Å²) in [5.74, 6) is -1.95. The van der Waals surface area contributed by atoms with Crippen molar-refractivity contribution in [1.29, 1.82) is 0 Å². The molecule has 5 aromatic rings. The van der Waals surface area contributed by atoms with Crippen molar-refractivity contribution in [3.05, 3.63) is 128 Å². The summed E-state index contributed by atoms with van der Waals surface area (Å²) in [6.07, 6.45) is 6.56. The van der Waals surface area contributed by atoms with Gasteiger partial charge in [0.25, 0.3) is 21.5 Å². The monoisotopic (exact) mass is 878 g/mol. The number of benzene rings is 3. The fourth-order valence-corrected chi connectivity index (χ4v) is 7.35. The number of carbonyl (C=O) groups is 2. The standard InChI is InChI=1S/C22H29ClN4O6.C18H14N4O5S/c1-33-13-16(28)12-26-19(29)11-25-27(21(26)31)15-6-7-18(23)17(10-15)20(30)24-14-22(32)8-4-2-3-5-9-22;23-16-9-6-13(11-15(16)18(24)25)21-20-12-4-7-14(8-5-12)28(26,27)22-17-3-1-2-10-19-17/h6-7,10-11,16,28,32H,2-5,8-9,12-14H2,1H3,(H,24,30);1-11,23H,(H,19,22)(H,24,25). The molecule has 3 aromatic carbocycles. The molecule has 21 heteroatoms. The largest absolute Gasteiger partial charge is 0.507 e. The van der Waals surface area contributed by atoms with Crippen LogP contribution in [0.3, 0.4) is 0 Å². The first-order valence-corrected chi connectivity index (χ1v) is 20.6. The van der Waals surface area contributed by atoms with E-state index in [-0.39, 0.29) is 63.7 Å². The number of methoxy groups -OCH3 is 1. The SMILES string of the molecule is COCC(O)Cn1c(=O)cnn(-c2ccc(Cl)c(C(=O)NCC3(O)CCCCCC3)c2)c1=O.O=C(O)c1cc(N=Nc2ccc(S(=O)(=O)Nc3ccccn3)cc2)ccc1O. The lowest BCUT2D eigenvalue weighted by Crippen LogP contribution is -2.43. The van der Waals surface area contributed by atoms with Crippen molar-refractivity contribution in [2.24, 2.45) is 10.2 Å². The maximum Gasteiger partial charge on any atom is 0.352 e. The van der Waals surface area contributed by atoms with Crippen LogP contribution in [0.15, 0.2) is 116 Å². The molecule has 322 valence electrons. The number of aliphatic hydroxyl groups excluding tert-OH is 1. The van der Waals surface area contributed by atoms with Crippen LogP contribution in [0.5, 0.6) is 5.75 Å². The number of phenols is 1. The Kier molecular flexibility index (Phi) is 15.6. The zero-order chi connectivity index (χ0) is 44.2. The Balaban J connectivity index is 0.000000234. The lowest BCUT2D eigenvalue weighted by atomic mass is 9.94. The normalized spacial score (nSPS) is 14.3. The summed E-state index contributed by atoms with van der Waals surface area (Å²) in [7, 11) is -2.40. The smallest absolute Gasteiger partial charge is 0.352 e. The minimum absolute atomic E-state index is 0.0231. The number of amides is 1. The van der Waals surface area contributed by atoms with Gasteiger partial charge in [0.05, 0.1) is 57.4 Å². The van der Waals surface area contributed by atoms with Gasteiger partial charge in [-0.1, -0.05) is 43.4 Å². The number of aliphatic hydroxyl groups is 2. The Hall–Kier alpha value is -6.32. The molecule has 1 amide bonds. The van der Waals surface area contributed by atoms with Crippen molar-refractivity contribution in [3.63, 3.8) is 0 Å². The number of nitrogens with one attached hydrogen (secondary N) is 2.